The maximum Gasteiger partial charge on any atom is 0.407 e. The van der Waals surface area contributed by atoms with Crippen LogP contribution in [0.25, 0.3) is 0 Å². The first kappa shape index (κ1) is 36.6. The molecule has 268 valence electrons. The van der Waals surface area contributed by atoms with Gasteiger partial charge in [0.05, 0.1) is 53.9 Å². The Labute approximate surface area is 289 Å². The van der Waals surface area contributed by atoms with E-state index in [1.165, 1.54) is 16.4 Å². The van der Waals surface area contributed by atoms with E-state index in [1.54, 1.807) is 6.07 Å². The third-order valence-electron chi connectivity index (χ3n) is 8.89. The van der Waals surface area contributed by atoms with Crippen LogP contribution >= 0.6 is 0 Å². The topological polar surface area (TPSA) is 170 Å². The number of carbonyl (C=O) groups is 1. The lowest BCUT2D eigenvalue weighted by Gasteiger charge is -2.31. The first-order chi connectivity index (χ1) is 23.5. The van der Waals surface area contributed by atoms with Crippen molar-refractivity contribution in [3.8, 4) is 0 Å². The zero-order valence-corrected chi connectivity index (χ0v) is 29.3. The van der Waals surface area contributed by atoms with Gasteiger partial charge < -0.3 is 40.3 Å². The molecular weight excluding hydrogens is 648 g/mol. The molecule has 0 bridgehead atoms. The molecule has 0 spiro atoms. The van der Waals surface area contributed by atoms with Crippen LogP contribution in [0.2, 0.25) is 0 Å². The highest BCUT2D eigenvalue weighted by atomic mass is 32.2. The Morgan fingerprint density at radius 3 is 2.73 bits per heavy atom. The van der Waals surface area contributed by atoms with Crippen molar-refractivity contribution < 1.29 is 32.5 Å². The van der Waals surface area contributed by atoms with E-state index in [9.17, 15) is 18.3 Å². The van der Waals surface area contributed by atoms with E-state index in [2.05, 4.69) is 27.1 Å². The van der Waals surface area contributed by atoms with E-state index in [0.29, 0.717) is 30.9 Å². The van der Waals surface area contributed by atoms with Gasteiger partial charge in [-0.3, -0.25) is 0 Å². The molecule has 5 atom stereocenters. The fourth-order valence-corrected chi connectivity index (χ4v) is 8.01. The van der Waals surface area contributed by atoms with Gasteiger partial charge in [-0.25, -0.2) is 18.2 Å². The number of hydrogen-bond acceptors (Lipinski definition) is 10. The van der Waals surface area contributed by atoms with Crippen molar-refractivity contribution in [1.29, 1.82) is 0 Å². The lowest BCUT2D eigenvalue weighted by atomic mass is 10.0. The molecule has 0 aliphatic carbocycles. The molecule has 0 radical (unpaired) electrons. The SMILES string of the molecule is CCCn1cncc1CCNc1cc(S(=O)(=O)N(CC(C)C)C[C@@H](O)[C@H](Cc2ccccc2)NC(=O)O[C@H]2CO[C@H]3OCC[C@H]32)ccc1N. The minimum Gasteiger partial charge on any atom is -0.443 e. The molecule has 13 nitrogen and oxygen atoms in total. The van der Waals surface area contributed by atoms with Crippen LogP contribution in [0.4, 0.5) is 16.2 Å². The van der Waals surface area contributed by atoms with Gasteiger partial charge in [0.25, 0.3) is 0 Å². The number of carbonyl (C=O) groups excluding carboxylic acids is 1. The van der Waals surface area contributed by atoms with Crippen LogP contribution in [0.5, 0.6) is 0 Å². The fraction of sp³-hybridized carbons (Fsp3) is 0.543. The molecule has 5 rings (SSSR count). The molecule has 0 unspecified atom stereocenters. The van der Waals surface area contributed by atoms with Gasteiger partial charge in [-0.2, -0.15) is 4.31 Å². The first-order valence-corrected chi connectivity index (χ1v) is 18.5. The second kappa shape index (κ2) is 16.8. The summed E-state index contributed by atoms with van der Waals surface area (Å²) in [5.41, 5.74) is 9.12. The smallest absolute Gasteiger partial charge is 0.407 e. The molecular formula is C35H50N6O7S. The molecule has 3 heterocycles. The number of nitrogens with two attached hydrogens (primary N) is 1. The maximum atomic E-state index is 14.2. The number of anilines is 2. The van der Waals surface area contributed by atoms with Crippen LogP contribution in [-0.4, -0.2) is 90.9 Å². The third kappa shape index (κ3) is 9.51. The molecule has 0 saturated carbocycles. The largest absolute Gasteiger partial charge is 0.443 e. The molecule has 3 aromatic rings. The molecule has 2 aliphatic heterocycles. The number of aromatic nitrogens is 2. The summed E-state index contributed by atoms with van der Waals surface area (Å²) in [5, 5.41) is 17.7. The van der Waals surface area contributed by atoms with Gasteiger partial charge in [0.2, 0.25) is 10.0 Å². The van der Waals surface area contributed by atoms with Crippen LogP contribution in [0.15, 0.2) is 66.0 Å². The van der Waals surface area contributed by atoms with Crippen molar-refractivity contribution in [2.24, 2.45) is 11.8 Å². The van der Waals surface area contributed by atoms with E-state index >= 15 is 0 Å². The Morgan fingerprint density at radius 1 is 1.18 bits per heavy atom. The number of nitrogen functional groups attached to an aromatic ring is 1. The second-order valence-electron chi connectivity index (χ2n) is 13.2. The lowest BCUT2D eigenvalue weighted by Crippen LogP contribution is -2.51. The first-order valence-electron chi connectivity index (χ1n) is 17.1. The summed E-state index contributed by atoms with van der Waals surface area (Å²) in [6.07, 6.45) is 3.50. The lowest BCUT2D eigenvalue weighted by molar-refractivity contribution is -0.0907. The number of ether oxygens (including phenoxy) is 3. The van der Waals surface area contributed by atoms with E-state index < -0.39 is 34.4 Å². The minimum absolute atomic E-state index is 0.0428. The number of benzene rings is 2. The Balaban J connectivity index is 1.30. The number of sulfonamides is 1. The number of imidazole rings is 1. The van der Waals surface area contributed by atoms with Crippen LogP contribution < -0.4 is 16.4 Å². The summed E-state index contributed by atoms with van der Waals surface area (Å²) >= 11 is 0. The molecule has 1 aromatic heterocycles. The maximum absolute atomic E-state index is 14.2. The van der Waals surface area contributed by atoms with Crippen LogP contribution in [0, 0.1) is 11.8 Å². The van der Waals surface area contributed by atoms with Crippen molar-refractivity contribution in [2.45, 2.75) is 82.4 Å². The second-order valence-corrected chi connectivity index (χ2v) is 15.1. The molecule has 14 heteroatoms. The molecule has 2 saturated heterocycles. The number of alkyl carbamates (subject to hydrolysis) is 1. The van der Waals surface area contributed by atoms with Gasteiger partial charge in [-0.1, -0.05) is 51.1 Å². The zero-order chi connectivity index (χ0) is 35.0. The molecule has 49 heavy (non-hydrogen) atoms. The highest BCUT2D eigenvalue weighted by Gasteiger charge is 2.44. The normalized spacial score (nSPS) is 20.3. The Hall–Kier alpha value is -3.69. The molecule has 2 fully saturated rings. The monoisotopic (exact) mass is 698 g/mol. The highest BCUT2D eigenvalue weighted by molar-refractivity contribution is 7.89. The van der Waals surface area contributed by atoms with E-state index in [0.717, 1.165) is 30.6 Å². The summed E-state index contributed by atoms with van der Waals surface area (Å²) in [6, 6.07) is 13.1. The van der Waals surface area contributed by atoms with Gasteiger partial charge in [0.1, 0.15) is 6.10 Å². The zero-order valence-electron chi connectivity index (χ0n) is 28.5. The quantitative estimate of drug-likeness (QED) is 0.153. The van der Waals surface area contributed by atoms with Crippen molar-refractivity contribution in [2.75, 3.05) is 43.9 Å². The predicted octanol–water partition coefficient (Wildman–Crippen LogP) is 3.64. The van der Waals surface area contributed by atoms with Crippen molar-refractivity contribution in [3.63, 3.8) is 0 Å². The summed E-state index contributed by atoms with van der Waals surface area (Å²) in [5.74, 6) is -0.0884. The minimum atomic E-state index is -4.09. The average molecular weight is 699 g/mol. The number of nitrogens with one attached hydrogen (secondary N) is 2. The van der Waals surface area contributed by atoms with Gasteiger partial charge in [0, 0.05) is 44.5 Å². The molecule has 2 aromatic carbocycles. The van der Waals surface area contributed by atoms with Crippen LogP contribution in [-0.2, 0) is 43.6 Å². The van der Waals surface area contributed by atoms with Crippen molar-refractivity contribution in [3.05, 3.63) is 72.3 Å². The van der Waals surface area contributed by atoms with Gasteiger partial charge in [0.15, 0.2) is 6.29 Å². The summed E-state index contributed by atoms with van der Waals surface area (Å²) < 4.78 is 48.6. The van der Waals surface area contributed by atoms with Crippen LogP contribution in [0.1, 0.15) is 44.9 Å². The number of aryl methyl sites for hydroxylation is 1. The van der Waals surface area contributed by atoms with E-state index in [4.69, 9.17) is 19.9 Å². The molecule has 1 amide bonds. The van der Waals surface area contributed by atoms with E-state index in [-0.39, 0.29) is 49.1 Å². The number of amides is 1. The molecule has 2 aliphatic rings. The number of aliphatic hydroxyl groups is 1. The van der Waals surface area contributed by atoms with Crippen molar-refractivity contribution >= 4 is 27.5 Å². The summed E-state index contributed by atoms with van der Waals surface area (Å²) in [4.78, 5) is 17.5. The average Bonchev–Trinajstić information content (AvgIpc) is 3.81. The Morgan fingerprint density at radius 2 is 1.98 bits per heavy atom. The number of aliphatic hydroxyl groups excluding tert-OH is 1. The van der Waals surface area contributed by atoms with Crippen molar-refractivity contribution in [1.82, 2.24) is 19.2 Å². The highest BCUT2D eigenvalue weighted by Crippen LogP contribution is 2.33. The fourth-order valence-electron chi connectivity index (χ4n) is 6.36. The molecule has 5 N–H and O–H groups in total. The van der Waals surface area contributed by atoms with Crippen LogP contribution in [0.3, 0.4) is 0 Å². The standard InChI is InChI=1S/C35H50N6O7S/c1-4-15-40-23-37-19-26(40)12-14-38-30-18-27(10-11-29(30)36)49(44,45)41(20-24(2)3)21-32(42)31(17-25-8-6-5-7-9-25)39-35(43)48-33-22-47-34-28(33)13-16-46-34/h5-11,18-19,23-24,28,31-34,38,42H,4,12-17,20-22,36H2,1-3H3,(H,39,43)/t28-,31-,32+,33-,34+/m0/s1. The predicted molar refractivity (Wildman–Crippen MR) is 186 cm³/mol. The summed E-state index contributed by atoms with van der Waals surface area (Å²) in [7, 11) is -4.09. The number of rotatable bonds is 17. The number of hydrogen-bond donors (Lipinski definition) is 4. The Bertz CT molecular complexity index is 1620. The Kier molecular flexibility index (Phi) is 12.6. The van der Waals surface area contributed by atoms with Gasteiger partial charge in [-0.15, -0.1) is 0 Å². The summed E-state index contributed by atoms with van der Waals surface area (Å²) in [6.45, 7) is 8.01. The number of nitrogens with zero attached hydrogens (tertiary/aromatic N) is 3. The van der Waals surface area contributed by atoms with Gasteiger partial charge in [-0.05, 0) is 48.9 Å². The van der Waals surface area contributed by atoms with E-state index in [1.807, 2.05) is 56.7 Å². The number of fused-ring (bicyclic) bond motifs is 1. The van der Waals surface area contributed by atoms with Gasteiger partial charge >= 0.3 is 6.09 Å². The third-order valence-corrected chi connectivity index (χ3v) is 10.7.